The first kappa shape index (κ1) is 19.4. The van der Waals surface area contributed by atoms with E-state index in [2.05, 4.69) is 5.32 Å². The van der Waals surface area contributed by atoms with E-state index in [1.54, 1.807) is 50.2 Å². The molecule has 0 aliphatic heterocycles. The van der Waals surface area contributed by atoms with E-state index < -0.39 is 18.3 Å². The number of nitro groups is 1. The summed E-state index contributed by atoms with van der Waals surface area (Å²) in [6.07, 6.45) is 0.504. The van der Waals surface area contributed by atoms with Crippen LogP contribution in [-0.4, -0.2) is 21.7 Å². The molecule has 7 nitrogen and oxygen atoms in total. The highest BCUT2D eigenvalue weighted by atomic mass is 31.2. The van der Waals surface area contributed by atoms with Crippen LogP contribution in [0.5, 0.6) is 0 Å². The van der Waals surface area contributed by atoms with Crippen molar-refractivity contribution in [1.82, 2.24) is 0 Å². The Hall–Kier alpha value is -1.95. The number of anilines is 1. The van der Waals surface area contributed by atoms with Gasteiger partial charge < -0.3 is 14.7 Å². The van der Waals surface area contributed by atoms with Crippen LogP contribution in [0.4, 0.5) is 11.4 Å². The lowest BCUT2D eigenvalue weighted by atomic mass is 10.1. The van der Waals surface area contributed by atoms with Crippen LogP contribution in [0.25, 0.3) is 10.8 Å². The Bertz CT molecular complexity index is 811. The van der Waals surface area contributed by atoms with Crippen LogP contribution < -0.4 is 5.32 Å². The fourth-order valence-corrected chi connectivity index (χ4v) is 4.14. The topological polar surface area (TPSA) is 102 Å². The Balaban J connectivity index is 2.42. The summed E-state index contributed by atoms with van der Waals surface area (Å²) in [5.41, 5.74) is 0.0951. The minimum atomic E-state index is -3.98. The zero-order valence-electron chi connectivity index (χ0n) is 14.5. The van der Waals surface area contributed by atoms with E-state index in [0.717, 1.165) is 5.39 Å². The largest absolute Gasteiger partial charge is 0.366 e. The van der Waals surface area contributed by atoms with Crippen LogP contribution in [0.15, 0.2) is 36.4 Å². The van der Waals surface area contributed by atoms with Crippen LogP contribution in [0, 0.1) is 10.1 Å². The average molecular weight is 366 g/mol. The molecular weight excluding hydrogens is 343 g/mol. The first-order valence-electron chi connectivity index (χ1n) is 8.23. The van der Waals surface area contributed by atoms with Crippen molar-refractivity contribution >= 4 is 29.7 Å². The number of nitrogens with one attached hydrogen (secondary N) is 1. The average Bonchev–Trinajstić information content (AvgIpc) is 2.58. The summed E-state index contributed by atoms with van der Waals surface area (Å²) in [4.78, 5) is 21.4. The Kier molecular flexibility index (Phi) is 6.16. The van der Waals surface area contributed by atoms with Crippen LogP contribution in [0.2, 0.25) is 0 Å². The highest BCUT2D eigenvalue weighted by molar-refractivity contribution is 7.53. The number of hydrogen-bond donors (Lipinski definition) is 2. The van der Waals surface area contributed by atoms with Crippen molar-refractivity contribution in [3.63, 3.8) is 0 Å². The predicted octanol–water partition coefficient (Wildman–Crippen LogP) is 4.90. The maximum atomic E-state index is 12.6. The van der Waals surface area contributed by atoms with Gasteiger partial charge in [-0.25, -0.2) is 0 Å². The molecule has 0 amide bonds. The fraction of sp³-hybridized carbons (Fsp3) is 0.412. The second kappa shape index (κ2) is 7.95. The van der Waals surface area contributed by atoms with E-state index >= 15 is 0 Å². The van der Waals surface area contributed by atoms with Gasteiger partial charge in [0, 0.05) is 0 Å². The standard InChI is InChI=1S/C17H23N2O5P/c1-4-12(3)24-25(22,23)16(5-2)18-15-11-10-13-8-6-7-9-14(13)17(15)19(20)21/h6-12,16,18H,4-5H2,1-3H3,(H,22,23). The number of benzene rings is 2. The third-order valence-corrected chi connectivity index (χ3v) is 6.04. The molecule has 3 atom stereocenters. The van der Waals surface area contributed by atoms with Crippen LogP contribution in [0.3, 0.4) is 0 Å². The number of rotatable bonds is 8. The van der Waals surface area contributed by atoms with Crippen molar-refractivity contribution in [3.8, 4) is 0 Å². The van der Waals surface area contributed by atoms with Gasteiger partial charge in [-0.3, -0.25) is 14.7 Å². The Morgan fingerprint density at radius 2 is 1.92 bits per heavy atom. The number of nitrogens with zero attached hydrogens (tertiary/aromatic N) is 1. The van der Waals surface area contributed by atoms with Crippen molar-refractivity contribution in [2.75, 3.05) is 5.32 Å². The van der Waals surface area contributed by atoms with Gasteiger partial charge >= 0.3 is 7.60 Å². The molecule has 0 spiro atoms. The normalized spacial score (nSPS) is 16.2. The van der Waals surface area contributed by atoms with Gasteiger partial charge in [0.25, 0.3) is 5.69 Å². The predicted molar refractivity (Wildman–Crippen MR) is 99.0 cm³/mol. The minimum absolute atomic E-state index is 0.111. The molecule has 0 saturated heterocycles. The summed E-state index contributed by atoms with van der Waals surface area (Å²) in [5.74, 6) is -0.929. The zero-order valence-corrected chi connectivity index (χ0v) is 15.4. The molecule has 0 bridgehead atoms. The zero-order chi connectivity index (χ0) is 18.6. The van der Waals surface area contributed by atoms with Crippen molar-refractivity contribution < 1.29 is 18.9 Å². The number of hydrogen-bond acceptors (Lipinski definition) is 5. The van der Waals surface area contributed by atoms with E-state index in [-0.39, 0.29) is 23.9 Å². The molecule has 0 fully saturated rings. The lowest BCUT2D eigenvalue weighted by Crippen LogP contribution is -2.22. The molecule has 0 radical (unpaired) electrons. The van der Waals surface area contributed by atoms with Gasteiger partial charge in [0.05, 0.1) is 16.4 Å². The van der Waals surface area contributed by atoms with Gasteiger partial charge in [-0.1, -0.05) is 38.1 Å². The first-order chi connectivity index (χ1) is 11.8. The van der Waals surface area contributed by atoms with Crippen molar-refractivity contribution in [2.45, 2.75) is 45.5 Å². The summed E-state index contributed by atoms with van der Waals surface area (Å²) in [6, 6.07) is 10.3. The summed E-state index contributed by atoms with van der Waals surface area (Å²) < 4.78 is 17.8. The Morgan fingerprint density at radius 3 is 2.52 bits per heavy atom. The molecule has 8 heteroatoms. The summed E-state index contributed by atoms with van der Waals surface area (Å²) in [5, 5.41) is 15.7. The highest BCUT2D eigenvalue weighted by Crippen LogP contribution is 2.51. The quantitative estimate of drug-likeness (QED) is 0.391. The van der Waals surface area contributed by atoms with Crippen molar-refractivity contribution in [3.05, 3.63) is 46.5 Å². The van der Waals surface area contributed by atoms with Crippen LogP contribution >= 0.6 is 7.60 Å². The Labute approximate surface area is 146 Å². The SMILES string of the molecule is CCC(C)OP(=O)(O)C(CC)Nc1ccc2ccccc2c1[N+](=O)[O-]. The van der Waals surface area contributed by atoms with Gasteiger partial charge in [-0.05, 0) is 37.3 Å². The fourth-order valence-electron chi connectivity index (χ4n) is 2.57. The third-order valence-electron chi connectivity index (χ3n) is 4.09. The molecule has 0 heterocycles. The van der Waals surface area contributed by atoms with E-state index in [1.165, 1.54) is 0 Å². The van der Waals surface area contributed by atoms with Crippen LogP contribution in [-0.2, 0) is 9.09 Å². The molecule has 25 heavy (non-hydrogen) atoms. The molecule has 136 valence electrons. The van der Waals surface area contributed by atoms with Gasteiger partial charge in [-0.2, -0.15) is 0 Å². The van der Waals surface area contributed by atoms with Crippen molar-refractivity contribution in [1.29, 1.82) is 0 Å². The lowest BCUT2D eigenvalue weighted by molar-refractivity contribution is -0.382. The van der Waals surface area contributed by atoms with E-state index in [4.69, 9.17) is 4.52 Å². The monoisotopic (exact) mass is 366 g/mol. The smallest absolute Gasteiger partial charge is 0.350 e. The number of fused-ring (bicyclic) bond motifs is 1. The molecule has 0 aromatic heterocycles. The molecule has 2 aromatic carbocycles. The van der Waals surface area contributed by atoms with Gasteiger partial charge in [0.15, 0.2) is 0 Å². The summed E-state index contributed by atoms with van der Waals surface area (Å²) >= 11 is 0. The number of nitro benzene ring substituents is 1. The summed E-state index contributed by atoms with van der Waals surface area (Å²) in [6.45, 7) is 5.30. The van der Waals surface area contributed by atoms with E-state index in [0.29, 0.717) is 11.8 Å². The van der Waals surface area contributed by atoms with Gasteiger partial charge in [0.1, 0.15) is 11.5 Å². The molecular formula is C17H23N2O5P. The molecule has 2 N–H and O–H groups in total. The van der Waals surface area contributed by atoms with Gasteiger partial charge in [0.2, 0.25) is 0 Å². The second-order valence-electron chi connectivity index (χ2n) is 5.90. The molecule has 0 saturated carbocycles. The maximum Gasteiger partial charge on any atom is 0.350 e. The van der Waals surface area contributed by atoms with Gasteiger partial charge in [-0.15, -0.1) is 0 Å². The highest BCUT2D eigenvalue weighted by Gasteiger charge is 2.34. The minimum Gasteiger partial charge on any atom is -0.366 e. The second-order valence-corrected chi connectivity index (χ2v) is 7.86. The maximum absolute atomic E-state index is 12.6. The molecule has 0 aliphatic carbocycles. The van der Waals surface area contributed by atoms with Crippen LogP contribution in [0.1, 0.15) is 33.6 Å². The van der Waals surface area contributed by atoms with E-state index in [1.807, 2.05) is 6.92 Å². The van der Waals surface area contributed by atoms with E-state index in [9.17, 15) is 19.6 Å². The third kappa shape index (κ3) is 4.37. The molecule has 2 aromatic rings. The Morgan fingerprint density at radius 1 is 1.24 bits per heavy atom. The molecule has 0 aliphatic rings. The summed E-state index contributed by atoms with van der Waals surface area (Å²) in [7, 11) is -3.98. The first-order valence-corrected chi connectivity index (χ1v) is 9.88. The molecule has 3 unspecified atom stereocenters. The van der Waals surface area contributed by atoms with Crippen molar-refractivity contribution in [2.24, 2.45) is 0 Å². The molecule has 2 rings (SSSR count). The lowest BCUT2D eigenvalue weighted by Gasteiger charge is -2.25.